The molecule has 5 nitrogen and oxygen atoms in total. The van der Waals surface area contributed by atoms with Gasteiger partial charge in [0, 0.05) is 32.4 Å². The van der Waals surface area contributed by atoms with Gasteiger partial charge in [-0.05, 0) is 29.2 Å². The van der Waals surface area contributed by atoms with E-state index in [1.165, 1.54) is 5.56 Å². The first-order chi connectivity index (χ1) is 12.5. The molecule has 136 valence electrons. The Labute approximate surface area is 154 Å². The van der Waals surface area contributed by atoms with Crippen molar-refractivity contribution in [2.45, 2.75) is 26.2 Å². The van der Waals surface area contributed by atoms with E-state index in [1.54, 1.807) is 23.2 Å². The minimum Gasteiger partial charge on any atom is -0.339 e. The smallest absolute Gasteiger partial charge is 0.272 e. The summed E-state index contributed by atoms with van der Waals surface area (Å²) >= 11 is 0. The van der Waals surface area contributed by atoms with Gasteiger partial charge in [-0.25, -0.2) is 0 Å². The topological polar surface area (TPSA) is 53.5 Å². The van der Waals surface area contributed by atoms with Crippen LogP contribution in [0.4, 0.5) is 0 Å². The number of hydrogen-bond donors (Lipinski definition) is 0. The van der Waals surface area contributed by atoms with Crippen molar-refractivity contribution in [2.24, 2.45) is 0 Å². The summed E-state index contributed by atoms with van der Waals surface area (Å²) < 4.78 is 0. The number of benzene rings is 1. The van der Waals surface area contributed by atoms with Gasteiger partial charge in [-0.1, -0.05) is 44.2 Å². The summed E-state index contributed by atoms with van der Waals surface area (Å²) in [5.74, 6) is 0.540. The van der Waals surface area contributed by atoms with E-state index in [-0.39, 0.29) is 11.8 Å². The van der Waals surface area contributed by atoms with E-state index in [9.17, 15) is 9.59 Å². The number of nitrogens with zero attached hydrogens (tertiary/aromatic N) is 3. The number of pyridine rings is 1. The zero-order chi connectivity index (χ0) is 18.5. The molecule has 1 aromatic carbocycles. The summed E-state index contributed by atoms with van der Waals surface area (Å²) in [6.07, 6.45) is 2.03. The molecule has 1 aliphatic rings. The molecule has 1 aliphatic heterocycles. The van der Waals surface area contributed by atoms with Crippen LogP contribution in [0, 0.1) is 0 Å². The molecule has 0 radical (unpaired) electrons. The molecule has 1 aromatic heterocycles. The van der Waals surface area contributed by atoms with Gasteiger partial charge in [-0.2, -0.15) is 0 Å². The van der Waals surface area contributed by atoms with Crippen LogP contribution in [-0.2, 0) is 11.2 Å². The van der Waals surface area contributed by atoms with E-state index in [2.05, 4.69) is 31.0 Å². The highest BCUT2D eigenvalue weighted by Crippen LogP contribution is 2.16. The zero-order valence-electron chi connectivity index (χ0n) is 15.4. The van der Waals surface area contributed by atoms with Crippen molar-refractivity contribution >= 4 is 11.8 Å². The third-order valence-corrected chi connectivity index (χ3v) is 4.81. The summed E-state index contributed by atoms with van der Waals surface area (Å²) in [7, 11) is 0. The Morgan fingerprint density at radius 2 is 1.62 bits per heavy atom. The van der Waals surface area contributed by atoms with Gasteiger partial charge in [0.1, 0.15) is 5.69 Å². The van der Waals surface area contributed by atoms with Gasteiger partial charge < -0.3 is 9.80 Å². The predicted octanol–water partition coefficient (Wildman–Crippen LogP) is 2.73. The number of amides is 2. The normalized spacial score (nSPS) is 14.6. The van der Waals surface area contributed by atoms with Crippen LogP contribution in [-0.4, -0.2) is 52.8 Å². The summed E-state index contributed by atoms with van der Waals surface area (Å²) in [4.78, 5) is 32.7. The number of rotatable bonds is 4. The number of hydrogen-bond acceptors (Lipinski definition) is 3. The fourth-order valence-corrected chi connectivity index (χ4v) is 3.12. The number of carbonyl (C=O) groups excluding carboxylic acids is 2. The minimum atomic E-state index is -0.0676. The second kappa shape index (κ2) is 8.13. The second-order valence-corrected chi connectivity index (χ2v) is 6.96. The van der Waals surface area contributed by atoms with Crippen LogP contribution < -0.4 is 0 Å². The summed E-state index contributed by atoms with van der Waals surface area (Å²) in [6.45, 7) is 6.56. The Morgan fingerprint density at radius 1 is 0.962 bits per heavy atom. The maximum atomic E-state index is 12.5. The monoisotopic (exact) mass is 351 g/mol. The SMILES string of the molecule is CC(C)c1ccc(CC(=O)N2CCN(C(=O)c3ccccn3)CC2)cc1. The lowest BCUT2D eigenvalue weighted by molar-refractivity contribution is -0.131. The Balaban J connectivity index is 1.52. The van der Waals surface area contributed by atoms with Crippen molar-refractivity contribution in [1.29, 1.82) is 0 Å². The van der Waals surface area contributed by atoms with Gasteiger partial charge >= 0.3 is 0 Å². The molecule has 1 fully saturated rings. The molecule has 0 saturated carbocycles. The van der Waals surface area contributed by atoms with E-state index in [4.69, 9.17) is 0 Å². The number of carbonyl (C=O) groups is 2. The number of piperazine rings is 1. The third-order valence-electron chi connectivity index (χ3n) is 4.81. The Kier molecular flexibility index (Phi) is 5.66. The van der Waals surface area contributed by atoms with Crippen molar-refractivity contribution in [3.63, 3.8) is 0 Å². The third kappa shape index (κ3) is 4.28. The summed E-state index contributed by atoms with van der Waals surface area (Å²) in [5.41, 5.74) is 2.77. The first-order valence-electron chi connectivity index (χ1n) is 9.11. The molecule has 0 aliphatic carbocycles. The van der Waals surface area contributed by atoms with Crippen LogP contribution >= 0.6 is 0 Å². The first kappa shape index (κ1) is 18.1. The van der Waals surface area contributed by atoms with E-state index < -0.39 is 0 Å². The van der Waals surface area contributed by atoms with E-state index >= 15 is 0 Å². The molecule has 0 N–H and O–H groups in total. The van der Waals surface area contributed by atoms with E-state index in [1.807, 2.05) is 23.1 Å². The Bertz CT molecular complexity index is 749. The van der Waals surface area contributed by atoms with Gasteiger partial charge in [0.2, 0.25) is 5.91 Å². The average molecular weight is 351 g/mol. The molecule has 5 heteroatoms. The lowest BCUT2D eigenvalue weighted by atomic mass is 10.0. The van der Waals surface area contributed by atoms with Crippen molar-refractivity contribution < 1.29 is 9.59 Å². The average Bonchev–Trinajstić information content (AvgIpc) is 2.68. The maximum absolute atomic E-state index is 12.5. The Morgan fingerprint density at radius 3 is 2.19 bits per heavy atom. The van der Waals surface area contributed by atoms with Gasteiger partial charge in [-0.3, -0.25) is 14.6 Å². The zero-order valence-corrected chi connectivity index (χ0v) is 15.4. The molecule has 0 unspecified atom stereocenters. The molecule has 0 spiro atoms. The largest absolute Gasteiger partial charge is 0.339 e. The molecule has 0 atom stereocenters. The van der Waals surface area contributed by atoms with Gasteiger partial charge in [0.25, 0.3) is 5.91 Å². The van der Waals surface area contributed by atoms with E-state index in [0.29, 0.717) is 44.2 Å². The minimum absolute atomic E-state index is 0.0676. The van der Waals surface area contributed by atoms with E-state index in [0.717, 1.165) is 5.56 Å². The number of aromatic nitrogens is 1. The standard InChI is InChI=1S/C21H25N3O2/c1-16(2)18-8-6-17(7-9-18)15-20(25)23-11-13-24(14-12-23)21(26)19-5-3-4-10-22-19/h3-10,16H,11-15H2,1-2H3. The molecular weight excluding hydrogens is 326 g/mol. The van der Waals surface area contributed by atoms with Gasteiger partial charge in [-0.15, -0.1) is 0 Å². The highest BCUT2D eigenvalue weighted by atomic mass is 16.2. The second-order valence-electron chi connectivity index (χ2n) is 6.96. The van der Waals surface area contributed by atoms with Crippen LogP contribution in [0.1, 0.15) is 41.4 Å². The first-order valence-corrected chi connectivity index (χ1v) is 9.11. The molecule has 26 heavy (non-hydrogen) atoms. The summed E-state index contributed by atoms with van der Waals surface area (Å²) in [6, 6.07) is 13.6. The molecule has 3 rings (SSSR count). The van der Waals surface area contributed by atoms with Crippen LogP contribution in [0.25, 0.3) is 0 Å². The maximum Gasteiger partial charge on any atom is 0.272 e. The van der Waals surface area contributed by atoms with Gasteiger partial charge in [0.15, 0.2) is 0 Å². The fourth-order valence-electron chi connectivity index (χ4n) is 3.12. The highest BCUT2D eigenvalue weighted by molar-refractivity contribution is 5.92. The van der Waals surface area contributed by atoms with Crippen LogP contribution in [0.3, 0.4) is 0 Å². The highest BCUT2D eigenvalue weighted by Gasteiger charge is 2.25. The lowest BCUT2D eigenvalue weighted by Crippen LogP contribution is -2.51. The lowest BCUT2D eigenvalue weighted by Gasteiger charge is -2.34. The van der Waals surface area contributed by atoms with Crippen molar-refractivity contribution in [3.05, 3.63) is 65.5 Å². The fraction of sp³-hybridized carbons (Fsp3) is 0.381. The molecule has 2 heterocycles. The predicted molar refractivity (Wildman–Crippen MR) is 101 cm³/mol. The van der Waals surface area contributed by atoms with Crippen molar-refractivity contribution in [1.82, 2.24) is 14.8 Å². The van der Waals surface area contributed by atoms with Gasteiger partial charge in [0.05, 0.1) is 6.42 Å². The molecule has 2 amide bonds. The van der Waals surface area contributed by atoms with Crippen molar-refractivity contribution in [2.75, 3.05) is 26.2 Å². The molecule has 1 saturated heterocycles. The van der Waals surface area contributed by atoms with Crippen molar-refractivity contribution in [3.8, 4) is 0 Å². The molecule has 0 bridgehead atoms. The van der Waals surface area contributed by atoms with Crippen LogP contribution in [0.15, 0.2) is 48.7 Å². The summed E-state index contributed by atoms with van der Waals surface area (Å²) in [5, 5.41) is 0. The van der Waals surface area contributed by atoms with Crippen LogP contribution in [0.5, 0.6) is 0 Å². The Hall–Kier alpha value is -2.69. The van der Waals surface area contributed by atoms with Crippen LogP contribution in [0.2, 0.25) is 0 Å². The quantitative estimate of drug-likeness (QED) is 0.851. The molecule has 2 aromatic rings. The molecular formula is C21H25N3O2.